The van der Waals surface area contributed by atoms with Gasteiger partial charge in [0.2, 0.25) is 0 Å². The Morgan fingerprint density at radius 2 is 0.519 bits per heavy atom. The summed E-state index contributed by atoms with van der Waals surface area (Å²) in [5.74, 6) is 0. The molecule has 0 saturated heterocycles. The van der Waals surface area contributed by atoms with E-state index in [2.05, 4.69) is 27.7 Å². The van der Waals surface area contributed by atoms with Crippen molar-refractivity contribution in [2.24, 2.45) is 0 Å². The Labute approximate surface area is 315 Å². The molecular formula is C34H74O14P4. The lowest BCUT2D eigenvalue weighted by atomic mass is 10.1. The van der Waals surface area contributed by atoms with Crippen molar-refractivity contribution in [3.05, 3.63) is 0 Å². The van der Waals surface area contributed by atoms with E-state index in [0.29, 0.717) is 25.7 Å². The molecule has 4 unspecified atom stereocenters. The number of hydrogen-bond donors (Lipinski definition) is 2. The van der Waals surface area contributed by atoms with Gasteiger partial charge in [0.05, 0.1) is 39.6 Å². The van der Waals surface area contributed by atoms with Gasteiger partial charge in [0.1, 0.15) is 0 Å². The second-order valence-corrected chi connectivity index (χ2v) is 19.6. The van der Waals surface area contributed by atoms with Gasteiger partial charge in [-0.1, -0.05) is 156 Å². The fourth-order valence-corrected chi connectivity index (χ4v) is 10.3. The lowest BCUT2D eigenvalue weighted by molar-refractivity contribution is 0.0887. The molecule has 0 fully saturated rings. The van der Waals surface area contributed by atoms with Crippen LogP contribution in [-0.4, -0.2) is 49.4 Å². The molecule has 14 nitrogen and oxygen atoms in total. The van der Waals surface area contributed by atoms with Crippen LogP contribution in [0.1, 0.15) is 182 Å². The zero-order chi connectivity index (χ0) is 38.9. The lowest BCUT2D eigenvalue weighted by Crippen LogP contribution is -2.09. The first-order valence-electron chi connectivity index (χ1n) is 20.0. The van der Waals surface area contributed by atoms with E-state index in [-0.39, 0.29) is 26.4 Å². The van der Waals surface area contributed by atoms with Crippen molar-refractivity contribution in [3.8, 4) is 0 Å². The van der Waals surface area contributed by atoms with Crippen molar-refractivity contribution < 1.29 is 63.8 Å². The quantitative estimate of drug-likeness (QED) is 0.0438. The molecule has 0 aromatic carbocycles. The van der Waals surface area contributed by atoms with Gasteiger partial charge in [0.15, 0.2) is 0 Å². The predicted molar refractivity (Wildman–Crippen MR) is 206 cm³/mol. The van der Waals surface area contributed by atoms with E-state index in [1.165, 1.54) is 0 Å². The topological polar surface area (TPSA) is 183 Å². The Hall–Kier alpha value is 0.520. The molecule has 2 N–H and O–H groups in total. The molecule has 0 aromatic rings. The molecule has 0 bridgehead atoms. The van der Waals surface area contributed by atoms with Gasteiger partial charge < -0.3 is 9.79 Å². The molecular weight excluding hydrogens is 756 g/mol. The highest BCUT2D eigenvalue weighted by Gasteiger charge is 2.40. The van der Waals surface area contributed by atoms with Crippen LogP contribution in [0.15, 0.2) is 0 Å². The molecule has 18 heteroatoms. The van der Waals surface area contributed by atoms with Crippen LogP contribution in [0.2, 0.25) is 0 Å². The molecule has 0 heterocycles. The number of phosphoric ester groups is 4. The highest BCUT2D eigenvalue weighted by atomic mass is 31.3. The van der Waals surface area contributed by atoms with E-state index in [1.54, 1.807) is 0 Å². The highest BCUT2D eigenvalue weighted by Crippen LogP contribution is 2.65. The van der Waals surface area contributed by atoms with Crippen LogP contribution in [0, 0.1) is 0 Å². The van der Waals surface area contributed by atoms with Crippen molar-refractivity contribution in [1.82, 2.24) is 0 Å². The summed E-state index contributed by atoms with van der Waals surface area (Å²) in [6.07, 6.45) is 22.0. The van der Waals surface area contributed by atoms with Crippen LogP contribution in [0.4, 0.5) is 0 Å². The third kappa shape index (κ3) is 32.7. The first-order chi connectivity index (χ1) is 24.9. The summed E-state index contributed by atoms with van der Waals surface area (Å²) >= 11 is 0. The largest absolute Gasteiger partial charge is 0.483 e. The molecule has 0 aliphatic carbocycles. The lowest BCUT2D eigenvalue weighted by Gasteiger charge is -2.22. The zero-order valence-electron chi connectivity index (χ0n) is 32.8. The number of hydrogen-bond acceptors (Lipinski definition) is 12. The number of rotatable bonds is 41. The summed E-state index contributed by atoms with van der Waals surface area (Å²) in [7, 11) is -19.1. The first kappa shape index (κ1) is 52.5. The second kappa shape index (κ2) is 33.6. The van der Waals surface area contributed by atoms with Gasteiger partial charge in [0, 0.05) is 0 Å². The minimum absolute atomic E-state index is 0.0751. The van der Waals surface area contributed by atoms with Gasteiger partial charge in [-0.25, -0.2) is 18.3 Å². The van der Waals surface area contributed by atoms with E-state index < -0.39 is 44.5 Å². The summed E-state index contributed by atoms with van der Waals surface area (Å²) in [6.45, 7) is 6.89. The van der Waals surface area contributed by atoms with E-state index in [4.69, 9.17) is 35.8 Å². The molecule has 0 radical (unpaired) electrons. The highest BCUT2D eigenvalue weighted by molar-refractivity contribution is 7.62. The van der Waals surface area contributed by atoms with Crippen molar-refractivity contribution >= 4 is 31.3 Å². The van der Waals surface area contributed by atoms with Gasteiger partial charge in [-0.2, -0.15) is 8.62 Å². The average molecular weight is 831 g/mol. The molecule has 0 aliphatic rings. The number of unbranched alkanes of at least 4 members (excludes halogenated alkanes) is 20. The molecule has 0 aliphatic heterocycles. The SMILES string of the molecule is CCCCCCCCOP(=O)(O)OP(=O)(OCCCCCCCC)OCCOP(=O)(OCCCCCCCC)OP(=O)(O)OCCCCCCCC. The average Bonchev–Trinajstić information content (AvgIpc) is 3.08. The van der Waals surface area contributed by atoms with E-state index in [1.807, 2.05) is 0 Å². The minimum Gasteiger partial charge on any atom is -0.302 e. The first-order valence-corrected chi connectivity index (χ1v) is 25.9. The van der Waals surface area contributed by atoms with Gasteiger partial charge in [0.25, 0.3) is 0 Å². The summed E-state index contributed by atoms with van der Waals surface area (Å²) in [5, 5.41) is 0. The molecule has 0 saturated carbocycles. The Balaban J connectivity index is 5.35. The standard InChI is InChI=1S/C34H74O14P4/c1-5-9-13-17-21-25-29-41-49(35,36)47-51(39,43-31-27-23-19-15-11-7-3)45-33-34-46-52(40,44-32-28-24-20-16-12-8-4)48-50(37,38)42-30-26-22-18-14-10-6-2/h5-34H2,1-4H3,(H,35,36)(H,37,38). The smallest absolute Gasteiger partial charge is 0.302 e. The van der Waals surface area contributed by atoms with Crippen LogP contribution in [0.5, 0.6) is 0 Å². The summed E-state index contributed by atoms with van der Waals surface area (Å²) in [5.41, 5.74) is 0. The molecule has 52 heavy (non-hydrogen) atoms. The monoisotopic (exact) mass is 830 g/mol. The Morgan fingerprint density at radius 3 is 0.788 bits per heavy atom. The minimum atomic E-state index is -4.85. The van der Waals surface area contributed by atoms with Crippen molar-refractivity contribution in [2.75, 3.05) is 39.6 Å². The Bertz CT molecular complexity index is 941. The molecule has 4 atom stereocenters. The van der Waals surface area contributed by atoms with E-state index >= 15 is 0 Å². The van der Waals surface area contributed by atoms with Crippen molar-refractivity contribution in [3.63, 3.8) is 0 Å². The van der Waals surface area contributed by atoms with Gasteiger partial charge >= 0.3 is 31.3 Å². The maximum Gasteiger partial charge on any atom is 0.483 e. The zero-order valence-corrected chi connectivity index (χ0v) is 36.4. The van der Waals surface area contributed by atoms with Crippen LogP contribution < -0.4 is 0 Å². The van der Waals surface area contributed by atoms with Crippen LogP contribution in [0.25, 0.3) is 0 Å². The molecule has 0 spiro atoms. The van der Waals surface area contributed by atoms with E-state index in [9.17, 15) is 28.0 Å². The molecule has 0 aromatic heterocycles. The van der Waals surface area contributed by atoms with Gasteiger partial charge in [-0.3, -0.25) is 27.1 Å². The fourth-order valence-electron chi connectivity index (χ4n) is 5.01. The maximum absolute atomic E-state index is 13.5. The maximum atomic E-state index is 13.5. The summed E-state index contributed by atoms with van der Waals surface area (Å²) in [6, 6.07) is 0. The third-order valence-electron chi connectivity index (χ3n) is 7.99. The molecule has 314 valence electrons. The van der Waals surface area contributed by atoms with Gasteiger partial charge in [-0.15, -0.1) is 0 Å². The van der Waals surface area contributed by atoms with Crippen molar-refractivity contribution in [1.29, 1.82) is 0 Å². The van der Waals surface area contributed by atoms with Crippen LogP contribution in [0.3, 0.4) is 0 Å². The fraction of sp³-hybridized carbons (Fsp3) is 1.00. The molecule has 0 amide bonds. The van der Waals surface area contributed by atoms with Crippen molar-refractivity contribution in [2.45, 2.75) is 182 Å². The van der Waals surface area contributed by atoms with Crippen LogP contribution >= 0.6 is 31.3 Å². The van der Waals surface area contributed by atoms with Crippen LogP contribution in [-0.2, 0) is 54.0 Å². The predicted octanol–water partition coefficient (Wildman–Crippen LogP) is 13.0. The summed E-state index contributed by atoms with van der Waals surface area (Å²) in [4.78, 5) is 20.7. The van der Waals surface area contributed by atoms with E-state index in [0.717, 1.165) is 128 Å². The third-order valence-corrected chi connectivity index (χ3v) is 14.3. The number of phosphoric acid groups is 4. The Morgan fingerprint density at radius 1 is 0.308 bits per heavy atom. The summed E-state index contributed by atoms with van der Waals surface area (Å²) < 4.78 is 93.7. The molecule has 0 rings (SSSR count). The second-order valence-electron chi connectivity index (χ2n) is 13.1. The normalized spacial score (nSPS) is 16.7. The Kier molecular flexibility index (Phi) is 34.0. The van der Waals surface area contributed by atoms with Gasteiger partial charge in [-0.05, 0) is 25.7 Å².